The Labute approximate surface area is 182 Å². The highest BCUT2D eigenvalue weighted by atomic mass is 16.1. The van der Waals surface area contributed by atoms with Crippen molar-refractivity contribution in [2.45, 2.75) is 70.8 Å². The zero-order valence-electron chi connectivity index (χ0n) is 18.6. The van der Waals surface area contributed by atoms with Crippen molar-refractivity contribution >= 4 is 11.6 Å². The molecule has 0 bridgehead atoms. The molecule has 2 fully saturated rings. The smallest absolute Gasteiger partial charge is 0.220 e. The van der Waals surface area contributed by atoms with Crippen LogP contribution in [0.15, 0.2) is 24.3 Å². The molecule has 1 saturated carbocycles. The number of anilines is 1. The summed E-state index contributed by atoms with van der Waals surface area (Å²) >= 11 is 0. The molecule has 1 aliphatic carbocycles. The zero-order valence-corrected chi connectivity index (χ0v) is 18.6. The first-order valence-electron chi connectivity index (χ1n) is 11.9. The number of carbonyl (C=O) groups excluding carboxylic acids is 1. The molecular weight excluding hydrogens is 372 g/mol. The molecule has 30 heavy (non-hydrogen) atoms. The summed E-state index contributed by atoms with van der Waals surface area (Å²) in [6.45, 7) is 8.02. The van der Waals surface area contributed by atoms with Crippen LogP contribution >= 0.6 is 0 Å². The Balaban J connectivity index is 1.31. The molecule has 0 radical (unpaired) electrons. The first kappa shape index (κ1) is 22.6. The highest BCUT2D eigenvalue weighted by molar-refractivity contribution is 5.76. The van der Waals surface area contributed by atoms with Crippen LogP contribution in [0.25, 0.3) is 0 Å². The third kappa shape index (κ3) is 6.74. The number of piperazine rings is 1. The topological polar surface area (TPSA) is 59.4 Å². The second-order valence-electron chi connectivity index (χ2n) is 8.90. The van der Waals surface area contributed by atoms with E-state index in [9.17, 15) is 4.79 Å². The van der Waals surface area contributed by atoms with Crippen molar-refractivity contribution in [3.63, 3.8) is 0 Å². The first-order chi connectivity index (χ1) is 14.7. The van der Waals surface area contributed by atoms with Gasteiger partial charge in [-0.05, 0) is 69.0 Å². The molecule has 0 unspecified atom stereocenters. The molecule has 5 heteroatoms. The third-order valence-corrected chi connectivity index (χ3v) is 6.84. The van der Waals surface area contributed by atoms with Crippen molar-refractivity contribution < 1.29 is 4.79 Å². The van der Waals surface area contributed by atoms with Crippen LogP contribution in [0.4, 0.5) is 5.69 Å². The summed E-state index contributed by atoms with van der Waals surface area (Å²) in [5.41, 5.74) is 2.88. The molecule has 164 valence electrons. The highest BCUT2D eigenvalue weighted by Crippen LogP contribution is 2.28. The van der Waals surface area contributed by atoms with Crippen LogP contribution < -0.4 is 10.2 Å². The number of nitrogens with zero attached hydrogens (tertiary/aromatic N) is 3. The van der Waals surface area contributed by atoms with Gasteiger partial charge >= 0.3 is 0 Å². The van der Waals surface area contributed by atoms with Crippen molar-refractivity contribution in [1.82, 2.24) is 10.2 Å². The van der Waals surface area contributed by atoms with Crippen LogP contribution in [0.3, 0.4) is 0 Å². The van der Waals surface area contributed by atoms with Gasteiger partial charge in [0.2, 0.25) is 5.91 Å². The molecule has 0 atom stereocenters. The lowest BCUT2D eigenvalue weighted by Gasteiger charge is -2.38. The van der Waals surface area contributed by atoms with Crippen molar-refractivity contribution in [3.8, 4) is 6.07 Å². The van der Waals surface area contributed by atoms with Gasteiger partial charge in [0.15, 0.2) is 0 Å². The summed E-state index contributed by atoms with van der Waals surface area (Å²) in [5.74, 6) is 0.923. The van der Waals surface area contributed by atoms with Gasteiger partial charge in [0.1, 0.15) is 0 Å². The van der Waals surface area contributed by atoms with Crippen LogP contribution in [0.1, 0.15) is 63.9 Å². The van der Waals surface area contributed by atoms with Gasteiger partial charge in [-0.3, -0.25) is 9.69 Å². The van der Waals surface area contributed by atoms with Crippen molar-refractivity contribution in [3.05, 3.63) is 29.8 Å². The molecule has 1 aromatic carbocycles. The number of para-hydroxylation sites is 1. The van der Waals surface area contributed by atoms with Crippen LogP contribution in [-0.2, 0) is 11.2 Å². The summed E-state index contributed by atoms with van der Waals surface area (Å²) < 4.78 is 0. The predicted octanol–water partition coefficient (Wildman–Crippen LogP) is 4.13. The van der Waals surface area contributed by atoms with E-state index >= 15 is 0 Å². The maximum atomic E-state index is 11.9. The van der Waals surface area contributed by atoms with Gasteiger partial charge in [0.05, 0.1) is 6.07 Å². The Morgan fingerprint density at radius 1 is 1.13 bits per heavy atom. The molecule has 0 aromatic heterocycles. The largest absolute Gasteiger partial charge is 0.369 e. The predicted molar refractivity (Wildman–Crippen MR) is 122 cm³/mol. The van der Waals surface area contributed by atoms with E-state index in [0.717, 1.165) is 51.4 Å². The average Bonchev–Trinajstić information content (AvgIpc) is 2.79. The fraction of sp³-hybridized carbons (Fsp3) is 0.680. The lowest BCUT2D eigenvalue weighted by Crippen LogP contribution is -2.47. The maximum absolute atomic E-state index is 11.9. The number of carbonyl (C=O) groups is 1. The normalized spacial score (nSPS) is 22.5. The Morgan fingerprint density at radius 3 is 2.57 bits per heavy atom. The number of aryl methyl sites for hydroxylation is 1. The molecule has 0 spiro atoms. The monoisotopic (exact) mass is 410 g/mol. The molecular formula is C25H38N4O. The number of unbranched alkanes of at least 4 members (excludes halogenated alkanes) is 1. The summed E-state index contributed by atoms with van der Waals surface area (Å²) in [7, 11) is 0. The van der Waals surface area contributed by atoms with Crippen LogP contribution in [-0.4, -0.2) is 49.6 Å². The molecule has 1 N–H and O–H groups in total. The second kappa shape index (κ2) is 12.0. The molecule has 1 aliphatic heterocycles. The Kier molecular flexibility index (Phi) is 9.01. The number of rotatable bonds is 9. The van der Waals surface area contributed by atoms with Gasteiger partial charge in [-0.15, -0.1) is 0 Å². The van der Waals surface area contributed by atoms with Gasteiger partial charge in [-0.1, -0.05) is 25.1 Å². The van der Waals surface area contributed by atoms with Crippen LogP contribution in [0.2, 0.25) is 0 Å². The average molecular weight is 411 g/mol. The summed E-state index contributed by atoms with van der Waals surface area (Å²) in [6, 6.07) is 11.3. The first-order valence-corrected chi connectivity index (χ1v) is 11.9. The molecule has 3 rings (SSSR count). The molecule has 2 aliphatic rings. The van der Waals surface area contributed by atoms with Gasteiger partial charge in [-0.2, -0.15) is 5.26 Å². The standard InChI is InChI=1S/C25H38N4O/c1-2-22-7-3-4-8-24(22)29-19-17-28(18-20-29)16-14-21-10-12-23(13-11-21)27-25(30)9-5-6-15-26/h3-4,7-8,21,23H,2,5-6,9-14,16-20H2,1H3,(H,27,30). The van der Waals surface area contributed by atoms with Gasteiger partial charge < -0.3 is 10.2 Å². The number of nitrogens with one attached hydrogen (secondary N) is 1. The van der Waals surface area contributed by atoms with E-state index in [-0.39, 0.29) is 5.91 Å². The Morgan fingerprint density at radius 2 is 1.87 bits per heavy atom. The number of hydrogen-bond acceptors (Lipinski definition) is 4. The quantitative estimate of drug-likeness (QED) is 0.622. The zero-order chi connectivity index (χ0) is 21.2. The van der Waals surface area contributed by atoms with E-state index in [0.29, 0.717) is 25.3 Å². The number of hydrogen-bond donors (Lipinski definition) is 1. The summed E-state index contributed by atoms with van der Waals surface area (Å²) in [6.07, 6.45) is 8.69. The summed E-state index contributed by atoms with van der Waals surface area (Å²) in [4.78, 5) is 17.1. The van der Waals surface area contributed by atoms with Gasteiger partial charge in [-0.25, -0.2) is 0 Å². The van der Waals surface area contributed by atoms with E-state index in [1.165, 1.54) is 37.1 Å². The minimum atomic E-state index is 0.121. The van der Waals surface area contributed by atoms with Crippen molar-refractivity contribution in [2.24, 2.45) is 5.92 Å². The Hall–Kier alpha value is -2.06. The maximum Gasteiger partial charge on any atom is 0.220 e. The van der Waals surface area contributed by atoms with Gasteiger partial charge in [0.25, 0.3) is 0 Å². The van der Waals surface area contributed by atoms with Crippen molar-refractivity contribution in [1.29, 1.82) is 5.26 Å². The van der Waals surface area contributed by atoms with E-state index in [4.69, 9.17) is 5.26 Å². The molecule has 1 saturated heterocycles. The number of nitriles is 1. The number of benzene rings is 1. The lowest BCUT2D eigenvalue weighted by molar-refractivity contribution is -0.122. The van der Waals surface area contributed by atoms with E-state index in [1.807, 2.05) is 0 Å². The second-order valence-corrected chi connectivity index (χ2v) is 8.90. The molecule has 5 nitrogen and oxygen atoms in total. The van der Waals surface area contributed by atoms with E-state index in [2.05, 4.69) is 52.4 Å². The molecule has 1 heterocycles. The molecule has 1 aromatic rings. The fourth-order valence-electron chi connectivity index (χ4n) is 4.92. The Bertz CT molecular complexity index is 697. The van der Waals surface area contributed by atoms with Crippen molar-refractivity contribution in [2.75, 3.05) is 37.6 Å². The minimum absolute atomic E-state index is 0.121. The van der Waals surface area contributed by atoms with Crippen LogP contribution in [0.5, 0.6) is 0 Å². The highest BCUT2D eigenvalue weighted by Gasteiger charge is 2.24. The fourth-order valence-corrected chi connectivity index (χ4v) is 4.92. The van der Waals surface area contributed by atoms with Gasteiger partial charge in [0, 0.05) is 50.7 Å². The van der Waals surface area contributed by atoms with E-state index < -0.39 is 0 Å². The number of amides is 1. The third-order valence-electron chi connectivity index (χ3n) is 6.84. The minimum Gasteiger partial charge on any atom is -0.369 e. The molecule has 1 amide bonds. The van der Waals surface area contributed by atoms with Crippen LogP contribution in [0, 0.1) is 17.2 Å². The SMILES string of the molecule is CCc1ccccc1N1CCN(CCC2CCC(NC(=O)CCCC#N)CC2)CC1. The summed E-state index contributed by atoms with van der Waals surface area (Å²) in [5, 5.41) is 11.7. The lowest BCUT2D eigenvalue weighted by atomic mass is 9.84. The van der Waals surface area contributed by atoms with E-state index in [1.54, 1.807) is 0 Å².